The van der Waals surface area contributed by atoms with Crippen LogP contribution in [0.2, 0.25) is 0 Å². The van der Waals surface area contributed by atoms with Gasteiger partial charge in [-0.1, -0.05) is 24.3 Å². The van der Waals surface area contributed by atoms with Crippen molar-refractivity contribution in [1.29, 1.82) is 0 Å². The van der Waals surface area contributed by atoms with E-state index < -0.39 is 10.9 Å². The standard InChI is InChI=1S/C20H19N2O2S/c1-2-8-18(17(7-1)24-16-11-14-23-15-16)25(19-9-3-5-12-21-19)20-10-4-6-13-22-20/h1-10,12-13,16H,11,14-15H2/q+1. The summed E-state index contributed by atoms with van der Waals surface area (Å²) in [6.07, 6.45) is 4.69. The van der Waals surface area contributed by atoms with Gasteiger partial charge in [0, 0.05) is 30.9 Å². The summed E-state index contributed by atoms with van der Waals surface area (Å²) in [6.45, 7) is 1.41. The Kier molecular flexibility index (Phi) is 4.95. The molecular formula is C20H19N2O2S+. The summed E-state index contributed by atoms with van der Waals surface area (Å²) in [5.41, 5.74) is 0. The molecule has 2 aromatic heterocycles. The summed E-state index contributed by atoms with van der Waals surface area (Å²) in [4.78, 5) is 10.3. The van der Waals surface area contributed by atoms with Crippen LogP contribution >= 0.6 is 0 Å². The summed E-state index contributed by atoms with van der Waals surface area (Å²) < 4.78 is 11.7. The Labute approximate surface area is 150 Å². The molecule has 25 heavy (non-hydrogen) atoms. The van der Waals surface area contributed by atoms with Crippen molar-refractivity contribution in [1.82, 2.24) is 9.97 Å². The van der Waals surface area contributed by atoms with E-state index >= 15 is 0 Å². The van der Waals surface area contributed by atoms with Gasteiger partial charge < -0.3 is 9.47 Å². The number of benzene rings is 1. The highest BCUT2D eigenvalue weighted by Crippen LogP contribution is 2.35. The first-order valence-corrected chi connectivity index (χ1v) is 9.54. The van der Waals surface area contributed by atoms with Gasteiger partial charge in [-0.25, -0.2) is 9.97 Å². The van der Waals surface area contributed by atoms with Crippen LogP contribution in [0.4, 0.5) is 0 Å². The average molecular weight is 351 g/mol. The third-order valence-electron chi connectivity index (χ3n) is 3.94. The van der Waals surface area contributed by atoms with Gasteiger partial charge in [-0.2, -0.15) is 0 Å². The Hall–Kier alpha value is -2.37. The first kappa shape index (κ1) is 16.1. The zero-order valence-electron chi connectivity index (χ0n) is 13.7. The van der Waals surface area contributed by atoms with Gasteiger partial charge in [0.2, 0.25) is 4.90 Å². The molecule has 0 N–H and O–H groups in total. The van der Waals surface area contributed by atoms with Gasteiger partial charge in [-0.05, 0) is 24.3 Å². The molecule has 0 saturated carbocycles. The van der Waals surface area contributed by atoms with Crippen LogP contribution < -0.4 is 4.74 Å². The average Bonchev–Trinajstić information content (AvgIpc) is 3.18. The van der Waals surface area contributed by atoms with Crippen LogP contribution in [-0.2, 0) is 15.6 Å². The fourth-order valence-corrected chi connectivity index (χ4v) is 4.73. The van der Waals surface area contributed by atoms with E-state index in [1.807, 2.05) is 67.0 Å². The van der Waals surface area contributed by atoms with Crippen molar-refractivity contribution in [3.63, 3.8) is 0 Å². The lowest BCUT2D eigenvalue weighted by Gasteiger charge is -2.14. The molecule has 1 unspecified atom stereocenters. The normalized spacial score (nSPS) is 16.9. The first-order chi connectivity index (χ1) is 12.4. The topological polar surface area (TPSA) is 44.2 Å². The fourth-order valence-electron chi connectivity index (χ4n) is 2.77. The van der Waals surface area contributed by atoms with Crippen LogP contribution in [0.3, 0.4) is 0 Å². The van der Waals surface area contributed by atoms with Crippen molar-refractivity contribution in [2.24, 2.45) is 0 Å². The van der Waals surface area contributed by atoms with E-state index in [-0.39, 0.29) is 6.10 Å². The minimum absolute atomic E-state index is 0.110. The molecule has 3 heterocycles. The molecule has 1 aromatic carbocycles. The highest BCUT2D eigenvalue weighted by molar-refractivity contribution is 7.97. The lowest BCUT2D eigenvalue weighted by Crippen LogP contribution is -2.18. The molecule has 1 fully saturated rings. The quantitative estimate of drug-likeness (QED) is 0.657. The van der Waals surface area contributed by atoms with Crippen molar-refractivity contribution in [2.45, 2.75) is 27.5 Å². The molecule has 1 saturated heterocycles. The second-order valence-electron chi connectivity index (χ2n) is 5.69. The largest absolute Gasteiger partial charge is 0.483 e. The third kappa shape index (κ3) is 3.67. The molecule has 0 aliphatic carbocycles. The van der Waals surface area contributed by atoms with E-state index in [0.717, 1.165) is 33.7 Å². The molecule has 0 bridgehead atoms. The van der Waals surface area contributed by atoms with Crippen molar-refractivity contribution in [2.75, 3.05) is 13.2 Å². The Morgan fingerprint density at radius 1 is 0.880 bits per heavy atom. The minimum Gasteiger partial charge on any atom is -0.483 e. The molecule has 0 spiro atoms. The zero-order chi connectivity index (χ0) is 16.9. The lowest BCUT2D eigenvalue weighted by molar-refractivity contribution is 0.139. The number of hydrogen-bond donors (Lipinski definition) is 0. The van der Waals surface area contributed by atoms with E-state index in [1.165, 1.54) is 0 Å². The Bertz CT molecular complexity index is 769. The summed E-state index contributed by atoms with van der Waals surface area (Å²) in [6, 6.07) is 20.2. The van der Waals surface area contributed by atoms with E-state index in [9.17, 15) is 0 Å². The van der Waals surface area contributed by atoms with Crippen LogP contribution in [0.15, 0.2) is 88.0 Å². The Morgan fingerprint density at radius 2 is 1.56 bits per heavy atom. The van der Waals surface area contributed by atoms with Gasteiger partial charge in [0.1, 0.15) is 17.0 Å². The number of hydrogen-bond acceptors (Lipinski definition) is 4. The molecule has 1 aliphatic rings. The first-order valence-electron chi connectivity index (χ1n) is 8.31. The van der Waals surface area contributed by atoms with E-state index in [1.54, 1.807) is 0 Å². The molecule has 0 amide bonds. The van der Waals surface area contributed by atoms with Crippen molar-refractivity contribution in [3.05, 3.63) is 73.1 Å². The van der Waals surface area contributed by atoms with Crippen molar-refractivity contribution in [3.8, 4) is 5.75 Å². The smallest absolute Gasteiger partial charge is 0.259 e. The molecule has 3 aromatic rings. The second-order valence-corrected chi connectivity index (χ2v) is 7.58. The van der Waals surface area contributed by atoms with Gasteiger partial charge in [0.05, 0.1) is 13.2 Å². The monoisotopic (exact) mass is 351 g/mol. The molecule has 4 rings (SSSR count). The van der Waals surface area contributed by atoms with Gasteiger partial charge in [0.15, 0.2) is 5.75 Å². The van der Waals surface area contributed by atoms with Gasteiger partial charge in [-0.3, -0.25) is 0 Å². The van der Waals surface area contributed by atoms with Crippen LogP contribution in [0.5, 0.6) is 5.75 Å². The van der Waals surface area contributed by atoms with Gasteiger partial charge in [0.25, 0.3) is 10.1 Å². The van der Waals surface area contributed by atoms with E-state index in [4.69, 9.17) is 9.47 Å². The number of rotatable bonds is 5. The molecule has 5 heteroatoms. The van der Waals surface area contributed by atoms with Crippen LogP contribution in [0.25, 0.3) is 0 Å². The molecular weight excluding hydrogens is 332 g/mol. The maximum Gasteiger partial charge on any atom is 0.259 e. The second kappa shape index (κ2) is 7.68. The van der Waals surface area contributed by atoms with Crippen molar-refractivity contribution >= 4 is 10.9 Å². The Morgan fingerprint density at radius 3 is 2.16 bits per heavy atom. The summed E-state index contributed by atoms with van der Waals surface area (Å²) >= 11 is 0. The minimum atomic E-state index is -0.414. The molecule has 0 radical (unpaired) electrons. The lowest BCUT2D eigenvalue weighted by atomic mass is 10.3. The van der Waals surface area contributed by atoms with E-state index in [2.05, 4.69) is 16.0 Å². The van der Waals surface area contributed by atoms with Crippen LogP contribution in [0.1, 0.15) is 6.42 Å². The zero-order valence-corrected chi connectivity index (χ0v) is 14.6. The van der Waals surface area contributed by atoms with Gasteiger partial charge >= 0.3 is 0 Å². The summed E-state index contributed by atoms with van der Waals surface area (Å²) in [5, 5.41) is 1.97. The van der Waals surface area contributed by atoms with Crippen molar-refractivity contribution < 1.29 is 9.47 Å². The fraction of sp³-hybridized carbons (Fsp3) is 0.200. The Balaban J connectivity index is 1.77. The number of pyridine rings is 2. The number of nitrogens with zero attached hydrogens (tertiary/aromatic N) is 2. The third-order valence-corrected chi connectivity index (χ3v) is 6.04. The molecule has 126 valence electrons. The highest BCUT2D eigenvalue weighted by Gasteiger charge is 2.35. The highest BCUT2D eigenvalue weighted by atomic mass is 32.2. The predicted molar refractivity (Wildman–Crippen MR) is 96.9 cm³/mol. The van der Waals surface area contributed by atoms with E-state index in [0.29, 0.717) is 6.61 Å². The number of aromatic nitrogens is 2. The van der Waals surface area contributed by atoms with Crippen LogP contribution in [0, 0.1) is 0 Å². The number of ether oxygens (including phenoxy) is 2. The van der Waals surface area contributed by atoms with Crippen LogP contribution in [-0.4, -0.2) is 29.3 Å². The molecule has 1 aliphatic heterocycles. The maximum atomic E-state index is 6.26. The number of para-hydroxylation sites is 1. The molecule has 4 nitrogen and oxygen atoms in total. The SMILES string of the molecule is c1ccc([S+](c2ccccn2)c2ccccc2OC2CCOC2)nc1. The maximum absolute atomic E-state index is 6.26. The molecule has 1 atom stereocenters. The summed E-state index contributed by atoms with van der Waals surface area (Å²) in [5.74, 6) is 0.887. The predicted octanol–water partition coefficient (Wildman–Crippen LogP) is 3.74. The summed E-state index contributed by atoms with van der Waals surface area (Å²) in [7, 11) is -0.414. The van der Waals surface area contributed by atoms with Gasteiger partial charge in [-0.15, -0.1) is 0 Å².